The van der Waals surface area contributed by atoms with Gasteiger partial charge in [0.05, 0.1) is 23.3 Å². The van der Waals surface area contributed by atoms with Gasteiger partial charge in [-0.1, -0.05) is 24.3 Å². The van der Waals surface area contributed by atoms with Crippen molar-refractivity contribution in [2.75, 3.05) is 0 Å². The fourth-order valence-electron chi connectivity index (χ4n) is 4.21. The summed E-state index contributed by atoms with van der Waals surface area (Å²) in [4.78, 5) is 12.9. The number of aromatic nitrogens is 2. The van der Waals surface area contributed by atoms with E-state index < -0.39 is 10.0 Å². The molecular weight excluding hydrogens is 455 g/mol. The lowest BCUT2D eigenvalue weighted by atomic mass is 9.85. The highest BCUT2D eigenvalue weighted by atomic mass is 32.2. The highest BCUT2D eigenvalue weighted by Crippen LogP contribution is 2.27. The van der Waals surface area contributed by atoms with Crippen LogP contribution in [0.15, 0.2) is 71.9 Å². The van der Waals surface area contributed by atoms with Crippen molar-refractivity contribution in [1.29, 1.82) is 0 Å². The molecular formula is C25H27FN4O3S. The lowest BCUT2D eigenvalue weighted by Crippen LogP contribution is -2.41. The number of hydrogen-bond donors (Lipinski definition) is 2. The Labute approximate surface area is 198 Å². The summed E-state index contributed by atoms with van der Waals surface area (Å²) in [7, 11) is -3.66. The molecule has 0 aliphatic heterocycles. The van der Waals surface area contributed by atoms with Gasteiger partial charge in [0.25, 0.3) is 0 Å². The molecule has 1 atom stereocenters. The second-order valence-corrected chi connectivity index (χ2v) is 10.3. The molecule has 0 unspecified atom stereocenters. The summed E-state index contributed by atoms with van der Waals surface area (Å²) in [5.74, 6) is -0.540. The van der Waals surface area contributed by atoms with Crippen molar-refractivity contribution in [3.63, 3.8) is 0 Å². The van der Waals surface area contributed by atoms with Crippen LogP contribution in [-0.4, -0.2) is 30.6 Å². The Balaban J connectivity index is 1.30. The molecule has 2 aromatic carbocycles. The first kappa shape index (κ1) is 24.0. The van der Waals surface area contributed by atoms with E-state index in [9.17, 15) is 17.6 Å². The Kier molecular flexibility index (Phi) is 7.33. The van der Waals surface area contributed by atoms with Crippen LogP contribution in [0.3, 0.4) is 0 Å². The van der Waals surface area contributed by atoms with Crippen LogP contribution >= 0.6 is 0 Å². The summed E-state index contributed by atoms with van der Waals surface area (Å²) < 4.78 is 41.6. The first-order valence-corrected chi connectivity index (χ1v) is 12.8. The summed E-state index contributed by atoms with van der Waals surface area (Å²) in [6, 6.07) is 14.1. The molecule has 1 amide bonds. The Hall–Kier alpha value is -3.17. The molecule has 1 aromatic heterocycles. The zero-order valence-electron chi connectivity index (χ0n) is 18.8. The van der Waals surface area contributed by atoms with Gasteiger partial charge in [0.1, 0.15) is 5.82 Å². The van der Waals surface area contributed by atoms with Gasteiger partial charge in [0.15, 0.2) is 0 Å². The van der Waals surface area contributed by atoms with E-state index in [1.54, 1.807) is 48.8 Å². The summed E-state index contributed by atoms with van der Waals surface area (Å²) in [5, 5.41) is 10.6. The maximum Gasteiger partial charge on any atom is 0.240 e. The topological polar surface area (TPSA) is 101 Å². The lowest BCUT2D eigenvalue weighted by Gasteiger charge is -2.29. The van der Waals surface area contributed by atoms with Gasteiger partial charge in [-0.25, -0.2) is 17.5 Å². The fourth-order valence-corrected chi connectivity index (χ4v) is 5.52. The number of carbonyl (C=O) groups is 1. The Bertz CT molecular complexity index is 1210. The molecule has 9 heteroatoms. The Morgan fingerprint density at radius 1 is 0.941 bits per heavy atom. The van der Waals surface area contributed by atoms with Gasteiger partial charge in [0.2, 0.25) is 15.9 Å². The Morgan fingerprint density at radius 3 is 2.24 bits per heavy atom. The van der Waals surface area contributed by atoms with Gasteiger partial charge >= 0.3 is 0 Å². The highest BCUT2D eigenvalue weighted by Gasteiger charge is 2.29. The summed E-state index contributed by atoms with van der Waals surface area (Å²) in [6.45, 7) is 1.86. The third-order valence-electron chi connectivity index (χ3n) is 6.23. The number of carbonyl (C=O) groups excluding carboxylic acids is 1. The van der Waals surface area contributed by atoms with Crippen LogP contribution in [0.1, 0.15) is 44.2 Å². The number of halogens is 1. The second-order valence-electron chi connectivity index (χ2n) is 8.61. The molecule has 0 radical (unpaired) electrons. The predicted molar refractivity (Wildman–Crippen MR) is 126 cm³/mol. The minimum atomic E-state index is -3.66. The quantitative estimate of drug-likeness (QED) is 0.530. The zero-order chi connectivity index (χ0) is 24.1. The molecule has 1 heterocycles. The molecule has 2 N–H and O–H groups in total. The summed E-state index contributed by atoms with van der Waals surface area (Å²) in [6.07, 6.45) is 5.58. The summed E-state index contributed by atoms with van der Waals surface area (Å²) >= 11 is 0. The molecule has 3 aromatic rings. The van der Waals surface area contributed by atoms with E-state index in [4.69, 9.17) is 0 Å². The van der Waals surface area contributed by atoms with E-state index in [-0.39, 0.29) is 34.6 Å². The smallest absolute Gasteiger partial charge is 0.240 e. The van der Waals surface area contributed by atoms with Crippen molar-refractivity contribution in [1.82, 2.24) is 20.2 Å². The maximum absolute atomic E-state index is 13.1. The van der Waals surface area contributed by atoms with Crippen LogP contribution in [0.5, 0.6) is 0 Å². The van der Waals surface area contributed by atoms with Gasteiger partial charge in [0, 0.05) is 17.5 Å². The highest BCUT2D eigenvalue weighted by molar-refractivity contribution is 7.89. The first-order valence-electron chi connectivity index (χ1n) is 11.3. The van der Waals surface area contributed by atoms with Gasteiger partial charge in [-0.3, -0.25) is 4.79 Å². The molecule has 178 valence electrons. The van der Waals surface area contributed by atoms with Crippen molar-refractivity contribution in [2.45, 2.75) is 49.6 Å². The van der Waals surface area contributed by atoms with Crippen molar-refractivity contribution in [2.24, 2.45) is 5.92 Å². The molecule has 0 bridgehead atoms. The van der Waals surface area contributed by atoms with E-state index in [1.807, 2.05) is 13.0 Å². The number of nitrogens with zero attached hydrogens (tertiary/aromatic N) is 2. The van der Waals surface area contributed by atoms with Crippen molar-refractivity contribution in [3.8, 4) is 11.1 Å². The van der Waals surface area contributed by atoms with Crippen LogP contribution < -0.4 is 10.0 Å². The van der Waals surface area contributed by atoms with Crippen LogP contribution in [0, 0.1) is 11.7 Å². The summed E-state index contributed by atoms with van der Waals surface area (Å²) in [5.41, 5.74) is 2.55. The van der Waals surface area contributed by atoms with Crippen molar-refractivity contribution in [3.05, 3.63) is 78.4 Å². The van der Waals surface area contributed by atoms with Crippen LogP contribution in [-0.2, 0) is 14.8 Å². The Morgan fingerprint density at radius 2 is 1.62 bits per heavy atom. The van der Waals surface area contributed by atoms with Crippen LogP contribution in [0.2, 0.25) is 0 Å². The van der Waals surface area contributed by atoms with Crippen LogP contribution in [0.25, 0.3) is 11.1 Å². The fraction of sp³-hybridized carbons (Fsp3) is 0.320. The molecule has 1 aliphatic carbocycles. The number of benzene rings is 2. The maximum atomic E-state index is 13.1. The molecule has 7 nitrogen and oxygen atoms in total. The molecule has 34 heavy (non-hydrogen) atoms. The van der Waals surface area contributed by atoms with Crippen molar-refractivity contribution < 1.29 is 17.6 Å². The SMILES string of the molecule is C[C@@H](NC(=O)C1CCC(NS(=O)(=O)c2ccc(-c3ccnnc3)cc2)CC1)c1ccc(F)cc1. The average Bonchev–Trinajstić information content (AvgIpc) is 2.85. The lowest BCUT2D eigenvalue weighted by molar-refractivity contribution is -0.126. The second kappa shape index (κ2) is 10.4. The van der Waals surface area contributed by atoms with Crippen molar-refractivity contribution >= 4 is 15.9 Å². The predicted octanol–water partition coefficient (Wildman–Crippen LogP) is 4.00. The van der Waals surface area contributed by atoms with E-state index >= 15 is 0 Å². The zero-order valence-corrected chi connectivity index (χ0v) is 19.6. The minimum Gasteiger partial charge on any atom is -0.349 e. The number of sulfonamides is 1. The van der Waals surface area contributed by atoms with E-state index in [0.717, 1.165) is 16.7 Å². The molecule has 0 spiro atoms. The van der Waals surface area contributed by atoms with Crippen LogP contribution in [0.4, 0.5) is 4.39 Å². The molecule has 1 saturated carbocycles. The number of amides is 1. The largest absolute Gasteiger partial charge is 0.349 e. The number of nitrogens with one attached hydrogen (secondary N) is 2. The van der Waals surface area contributed by atoms with E-state index in [2.05, 4.69) is 20.2 Å². The normalized spacial score (nSPS) is 19.4. The van der Waals surface area contributed by atoms with Gasteiger partial charge in [-0.2, -0.15) is 10.2 Å². The molecule has 1 fully saturated rings. The minimum absolute atomic E-state index is 0.0562. The standard InChI is InChI=1S/C25H27FN4O3S/c1-17(18-2-8-22(26)9-3-18)29-25(31)20-4-10-23(11-5-20)30-34(32,33)24-12-6-19(7-13-24)21-14-15-27-28-16-21/h2-3,6-9,12-17,20,23,30H,4-5,10-11H2,1H3,(H,29,31)/t17-,20?,23?/m1/s1. The van der Waals surface area contributed by atoms with Gasteiger partial charge < -0.3 is 5.32 Å². The third-order valence-corrected chi connectivity index (χ3v) is 7.77. The number of rotatable bonds is 7. The monoisotopic (exact) mass is 482 g/mol. The first-order chi connectivity index (χ1) is 16.3. The van der Waals surface area contributed by atoms with E-state index in [1.165, 1.54) is 12.1 Å². The average molecular weight is 483 g/mol. The molecule has 1 aliphatic rings. The van der Waals surface area contributed by atoms with E-state index in [0.29, 0.717) is 25.7 Å². The van der Waals surface area contributed by atoms with Gasteiger partial charge in [-0.05, 0) is 74.1 Å². The molecule has 0 saturated heterocycles. The third kappa shape index (κ3) is 5.84. The molecule has 4 rings (SSSR count). The van der Waals surface area contributed by atoms with Gasteiger partial charge in [-0.15, -0.1) is 0 Å². The number of hydrogen-bond acceptors (Lipinski definition) is 5.